The number of carbonyl (C=O) groups is 2. The maximum atomic E-state index is 13.0. The molecule has 2 amide bonds. The summed E-state index contributed by atoms with van der Waals surface area (Å²) in [6.45, 7) is 4.98. The van der Waals surface area contributed by atoms with Gasteiger partial charge in [-0.3, -0.25) is 14.6 Å². The summed E-state index contributed by atoms with van der Waals surface area (Å²) in [6.07, 6.45) is 1.65. The SMILES string of the molecule is CC(=O)N(CCOCCF)c1ccc(/C=C/SN2CCC3(CC2)N=C(C2CCC(CCC(F)(F)F)CC2)NC3=O)c(C)c1. The number of carbonyl (C=O) groups excluding carboxylic acids is 2. The van der Waals surface area contributed by atoms with Gasteiger partial charge in [0.15, 0.2) is 0 Å². The van der Waals surface area contributed by atoms with Gasteiger partial charge in [-0.1, -0.05) is 18.0 Å². The first kappa shape index (κ1) is 33.5. The average Bonchev–Trinajstić information content (AvgIpc) is 3.28. The van der Waals surface area contributed by atoms with Crippen LogP contribution in [0.15, 0.2) is 28.6 Å². The summed E-state index contributed by atoms with van der Waals surface area (Å²) in [5, 5.41) is 5.04. The molecule has 1 N–H and O–H groups in total. The minimum absolute atomic E-state index is 0.0196. The number of alkyl halides is 4. The van der Waals surface area contributed by atoms with E-state index in [0.29, 0.717) is 32.5 Å². The molecule has 43 heavy (non-hydrogen) atoms. The summed E-state index contributed by atoms with van der Waals surface area (Å²) in [6, 6.07) is 5.81. The molecule has 2 fully saturated rings. The van der Waals surface area contributed by atoms with Gasteiger partial charge in [0.1, 0.15) is 18.0 Å². The number of halogens is 4. The molecule has 238 valence electrons. The predicted molar refractivity (Wildman–Crippen MR) is 162 cm³/mol. The van der Waals surface area contributed by atoms with Crippen molar-refractivity contribution in [3.05, 3.63) is 34.7 Å². The summed E-state index contributed by atoms with van der Waals surface area (Å²) in [5.74, 6) is 0.784. The van der Waals surface area contributed by atoms with Crippen LogP contribution in [0.4, 0.5) is 23.2 Å². The first-order valence-electron chi connectivity index (χ1n) is 15.1. The monoisotopic (exact) mass is 626 g/mol. The highest BCUT2D eigenvalue weighted by molar-refractivity contribution is 8.00. The Labute approximate surface area is 255 Å². The standard InChI is InChI=1S/C31H42F4N4O3S/c1-22-21-27(39(23(2)40)17-19-42-18-14-32)8-7-25(22)10-20-43-38-15-12-30(13-16-38)29(41)36-28(37-30)26-5-3-24(4-6-26)9-11-31(33,34)35/h7-8,10,20-21,24,26H,3-6,9,11-19H2,1-2H3,(H,36,37,41)/b20-10+. The fourth-order valence-corrected chi connectivity index (χ4v) is 6.89. The Morgan fingerprint density at radius 1 is 1.21 bits per heavy atom. The van der Waals surface area contributed by atoms with E-state index in [1.54, 1.807) is 16.8 Å². The van der Waals surface area contributed by atoms with E-state index in [1.165, 1.54) is 6.92 Å². The molecule has 1 aromatic carbocycles. The molecule has 1 saturated carbocycles. The van der Waals surface area contributed by atoms with Crippen molar-refractivity contribution in [2.24, 2.45) is 16.8 Å². The number of nitrogens with one attached hydrogen (secondary N) is 1. The number of piperidine rings is 1. The van der Waals surface area contributed by atoms with Gasteiger partial charge in [-0.15, -0.1) is 0 Å². The topological polar surface area (TPSA) is 74.2 Å². The third-order valence-corrected chi connectivity index (χ3v) is 9.62. The molecule has 1 aromatic rings. The van der Waals surface area contributed by atoms with Crippen LogP contribution in [0.5, 0.6) is 0 Å². The van der Waals surface area contributed by atoms with Crippen molar-refractivity contribution < 1.29 is 31.9 Å². The quantitative estimate of drug-likeness (QED) is 0.164. The van der Waals surface area contributed by atoms with Crippen molar-refractivity contribution in [2.45, 2.75) is 76.9 Å². The number of ether oxygens (including phenoxy) is 1. The number of hydrogen-bond donors (Lipinski definition) is 1. The van der Waals surface area contributed by atoms with E-state index in [-0.39, 0.29) is 43.3 Å². The number of hydrogen-bond acceptors (Lipinski definition) is 6. The number of amidine groups is 1. The number of anilines is 1. The molecule has 2 aliphatic heterocycles. The Bertz CT molecular complexity index is 1180. The lowest BCUT2D eigenvalue weighted by molar-refractivity contribution is -0.138. The van der Waals surface area contributed by atoms with Gasteiger partial charge in [-0.25, -0.2) is 8.70 Å². The molecule has 4 rings (SSSR count). The van der Waals surface area contributed by atoms with Gasteiger partial charge >= 0.3 is 6.18 Å². The van der Waals surface area contributed by atoms with E-state index < -0.39 is 24.8 Å². The summed E-state index contributed by atoms with van der Waals surface area (Å²) in [7, 11) is 0. The second-order valence-electron chi connectivity index (χ2n) is 11.7. The fourth-order valence-electron chi connectivity index (χ4n) is 6.11. The number of aliphatic imine (C=N–C) groups is 1. The van der Waals surface area contributed by atoms with Crippen LogP contribution >= 0.6 is 11.9 Å². The van der Waals surface area contributed by atoms with Crippen molar-refractivity contribution in [3.8, 4) is 0 Å². The highest BCUT2D eigenvalue weighted by Gasteiger charge is 2.47. The van der Waals surface area contributed by atoms with E-state index >= 15 is 0 Å². The summed E-state index contributed by atoms with van der Waals surface area (Å²) in [4.78, 5) is 31.6. The van der Waals surface area contributed by atoms with Gasteiger partial charge in [0.2, 0.25) is 5.91 Å². The molecule has 1 spiro atoms. The van der Waals surface area contributed by atoms with Crippen LogP contribution < -0.4 is 10.2 Å². The van der Waals surface area contributed by atoms with Crippen LogP contribution in [0.2, 0.25) is 0 Å². The largest absolute Gasteiger partial charge is 0.389 e. The van der Waals surface area contributed by atoms with Crippen molar-refractivity contribution in [2.75, 3.05) is 44.4 Å². The molecule has 7 nitrogen and oxygen atoms in total. The summed E-state index contributed by atoms with van der Waals surface area (Å²) < 4.78 is 57.4. The maximum Gasteiger partial charge on any atom is 0.389 e. The molecule has 0 atom stereocenters. The van der Waals surface area contributed by atoms with Gasteiger partial charge in [0.05, 0.1) is 13.2 Å². The van der Waals surface area contributed by atoms with E-state index in [0.717, 1.165) is 48.3 Å². The third-order valence-electron chi connectivity index (χ3n) is 8.70. The normalized spacial score (nSPS) is 22.7. The van der Waals surface area contributed by atoms with Gasteiger partial charge < -0.3 is 15.0 Å². The molecule has 12 heteroatoms. The minimum Gasteiger partial charge on any atom is -0.377 e. The average molecular weight is 627 g/mol. The van der Waals surface area contributed by atoms with E-state index in [9.17, 15) is 27.2 Å². The van der Waals surface area contributed by atoms with Crippen LogP contribution in [0, 0.1) is 18.8 Å². The zero-order valence-corrected chi connectivity index (χ0v) is 25.7. The zero-order valence-electron chi connectivity index (χ0n) is 24.9. The molecule has 3 aliphatic rings. The molecule has 1 aliphatic carbocycles. The molecule has 0 radical (unpaired) electrons. The number of nitrogens with zero attached hydrogens (tertiary/aromatic N) is 3. The Morgan fingerprint density at radius 3 is 2.56 bits per heavy atom. The Hall–Kier alpha value is -2.44. The second kappa shape index (κ2) is 15.0. The minimum atomic E-state index is -4.10. The molecule has 0 aromatic heterocycles. The first-order chi connectivity index (χ1) is 20.5. The smallest absolute Gasteiger partial charge is 0.377 e. The van der Waals surface area contributed by atoms with Crippen LogP contribution in [0.3, 0.4) is 0 Å². The van der Waals surface area contributed by atoms with Gasteiger partial charge in [-0.2, -0.15) is 13.2 Å². The number of aryl methyl sites for hydroxylation is 1. The highest BCUT2D eigenvalue weighted by atomic mass is 32.2. The summed E-state index contributed by atoms with van der Waals surface area (Å²) in [5.41, 5.74) is 2.07. The van der Waals surface area contributed by atoms with E-state index in [1.807, 2.05) is 36.6 Å². The lowest BCUT2D eigenvalue weighted by Gasteiger charge is -2.34. The summed E-state index contributed by atoms with van der Waals surface area (Å²) >= 11 is 1.59. The van der Waals surface area contributed by atoms with Crippen molar-refractivity contribution >= 4 is 41.4 Å². The second-order valence-corrected chi connectivity index (χ2v) is 12.7. The highest BCUT2D eigenvalue weighted by Crippen LogP contribution is 2.38. The Morgan fingerprint density at radius 2 is 1.93 bits per heavy atom. The molecule has 2 heterocycles. The predicted octanol–water partition coefficient (Wildman–Crippen LogP) is 6.46. The van der Waals surface area contributed by atoms with Crippen molar-refractivity contribution in [3.63, 3.8) is 0 Å². The van der Waals surface area contributed by atoms with Crippen molar-refractivity contribution in [1.29, 1.82) is 0 Å². The van der Waals surface area contributed by atoms with Gasteiger partial charge in [0, 0.05) is 44.6 Å². The maximum absolute atomic E-state index is 13.0. The molecule has 1 saturated heterocycles. The van der Waals surface area contributed by atoms with E-state index in [4.69, 9.17) is 9.73 Å². The molecule has 0 unspecified atom stereocenters. The molecular formula is C31H42F4N4O3S. The Kier molecular flexibility index (Phi) is 11.7. The number of amides is 2. The van der Waals surface area contributed by atoms with Crippen LogP contribution in [0.25, 0.3) is 6.08 Å². The lowest BCUT2D eigenvalue weighted by atomic mass is 9.79. The lowest BCUT2D eigenvalue weighted by Crippen LogP contribution is -2.47. The van der Waals surface area contributed by atoms with Crippen LogP contribution in [-0.2, 0) is 14.3 Å². The van der Waals surface area contributed by atoms with Crippen LogP contribution in [-0.4, -0.2) is 73.2 Å². The molecular weight excluding hydrogens is 584 g/mol. The fraction of sp³-hybridized carbons (Fsp3) is 0.645. The third kappa shape index (κ3) is 9.28. The zero-order chi connectivity index (χ0) is 31.0. The number of benzene rings is 1. The van der Waals surface area contributed by atoms with Crippen molar-refractivity contribution in [1.82, 2.24) is 9.62 Å². The molecule has 0 bridgehead atoms. The first-order valence-corrected chi connectivity index (χ1v) is 15.9. The van der Waals surface area contributed by atoms with Gasteiger partial charge in [0.25, 0.3) is 5.91 Å². The van der Waals surface area contributed by atoms with E-state index in [2.05, 4.69) is 9.62 Å². The van der Waals surface area contributed by atoms with Crippen LogP contribution in [0.1, 0.15) is 69.4 Å². The van der Waals surface area contributed by atoms with Gasteiger partial charge in [-0.05, 0) is 92.5 Å². The number of rotatable bonds is 12. The Balaban J connectivity index is 1.25.